The highest BCUT2D eigenvalue weighted by Crippen LogP contribution is 2.30. The summed E-state index contributed by atoms with van der Waals surface area (Å²) in [7, 11) is -3.85. The molecular weight excluding hydrogens is 286 g/mol. The molecule has 0 saturated carbocycles. The second-order valence-corrected chi connectivity index (χ2v) is 6.83. The van der Waals surface area contributed by atoms with Crippen molar-refractivity contribution in [3.63, 3.8) is 0 Å². The van der Waals surface area contributed by atoms with Gasteiger partial charge in [0.15, 0.2) is 0 Å². The van der Waals surface area contributed by atoms with Crippen molar-refractivity contribution in [1.29, 1.82) is 0 Å². The lowest BCUT2D eigenvalue weighted by Crippen LogP contribution is -2.49. The molecule has 0 spiro atoms. The van der Waals surface area contributed by atoms with Gasteiger partial charge in [0, 0.05) is 0 Å². The maximum atomic E-state index is 12.4. The average molecular weight is 303 g/mol. The second-order valence-electron chi connectivity index (χ2n) is 5.17. The van der Waals surface area contributed by atoms with E-state index in [-0.39, 0.29) is 18.1 Å². The first-order valence-corrected chi connectivity index (χ1v) is 7.52. The normalized spacial score (nSPS) is 26.9. The number of nitrogens with one attached hydrogen (secondary N) is 2. The lowest BCUT2D eigenvalue weighted by Gasteiger charge is -2.25. The van der Waals surface area contributed by atoms with E-state index in [1.54, 1.807) is 13.8 Å². The number of aryl methyl sites for hydroxylation is 2. The standard InChI is InChI=1S/C11H17N3O5S/c1-6-9(7(2)13-12-6)20(17,18)14-8-4-19-5-11(8,3)10(15)16/h8,14H,4-5H2,1-3H3,(H,12,13)(H,15,16). The van der Waals surface area contributed by atoms with Gasteiger partial charge in [-0.05, 0) is 20.8 Å². The largest absolute Gasteiger partial charge is 0.481 e. The predicted octanol–water partition coefficient (Wildman–Crippen LogP) is -0.205. The van der Waals surface area contributed by atoms with Crippen LogP contribution in [0.15, 0.2) is 4.90 Å². The van der Waals surface area contributed by atoms with Crippen LogP contribution in [0.25, 0.3) is 0 Å². The van der Waals surface area contributed by atoms with Crippen LogP contribution < -0.4 is 4.72 Å². The number of aliphatic carboxylic acids is 1. The molecule has 3 N–H and O–H groups in total. The van der Waals surface area contributed by atoms with E-state index in [0.29, 0.717) is 11.4 Å². The minimum atomic E-state index is -3.85. The fourth-order valence-corrected chi connectivity index (χ4v) is 3.93. The number of nitrogens with zero attached hydrogens (tertiary/aromatic N) is 1. The number of H-pyrrole nitrogens is 1. The van der Waals surface area contributed by atoms with E-state index in [2.05, 4.69) is 14.9 Å². The molecule has 1 fully saturated rings. The van der Waals surface area contributed by atoms with Gasteiger partial charge in [-0.1, -0.05) is 0 Å². The fourth-order valence-electron chi connectivity index (χ4n) is 2.23. The Morgan fingerprint density at radius 2 is 2.20 bits per heavy atom. The number of carboxylic acids is 1. The Kier molecular flexibility index (Phi) is 3.61. The van der Waals surface area contributed by atoms with Gasteiger partial charge < -0.3 is 9.84 Å². The number of hydrogen-bond donors (Lipinski definition) is 3. The molecule has 20 heavy (non-hydrogen) atoms. The van der Waals surface area contributed by atoms with Gasteiger partial charge >= 0.3 is 5.97 Å². The molecule has 1 aliphatic heterocycles. The highest BCUT2D eigenvalue weighted by molar-refractivity contribution is 7.89. The summed E-state index contributed by atoms with van der Waals surface area (Å²) in [5.41, 5.74) is -0.532. The summed E-state index contributed by atoms with van der Waals surface area (Å²) in [6.45, 7) is 4.62. The molecule has 8 nitrogen and oxygen atoms in total. The van der Waals surface area contributed by atoms with Crippen LogP contribution in [0.3, 0.4) is 0 Å². The van der Waals surface area contributed by atoms with Gasteiger partial charge in [0.05, 0.1) is 30.6 Å². The summed E-state index contributed by atoms with van der Waals surface area (Å²) in [5, 5.41) is 15.7. The summed E-state index contributed by atoms with van der Waals surface area (Å²) in [4.78, 5) is 11.4. The van der Waals surface area contributed by atoms with E-state index in [1.807, 2.05) is 0 Å². The summed E-state index contributed by atoms with van der Waals surface area (Å²) in [5.74, 6) is -1.09. The lowest BCUT2D eigenvalue weighted by atomic mass is 9.86. The molecule has 9 heteroatoms. The van der Waals surface area contributed by atoms with Crippen LogP contribution in [0.4, 0.5) is 0 Å². The van der Waals surface area contributed by atoms with Gasteiger partial charge in [0.2, 0.25) is 10.0 Å². The summed E-state index contributed by atoms with van der Waals surface area (Å²) in [6.07, 6.45) is 0. The molecule has 0 aliphatic carbocycles. The molecular formula is C11H17N3O5S. The van der Waals surface area contributed by atoms with E-state index in [1.165, 1.54) is 6.92 Å². The molecule has 2 atom stereocenters. The third-order valence-corrected chi connectivity index (χ3v) is 5.30. The smallest absolute Gasteiger partial charge is 0.313 e. The first kappa shape index (κ1) is 14.9. The number of sulfonamides is 1. The predicted molar refractivity (Wildman–Crippen MR) is 68.7 cm³/mol. The van der Waals surface area contributed by atoms with E-state index < -0.39 is 27.4 Å². The van der Waals surface area contributed by atoms with Crippen LogP contribution in [0.5, 0.6) is 0 Å². The molecule has 0 radical (unpaired) electrons. The molecule has 1 aromatic heterocycles. The quantitative estimate of drug-likeness (QED) is 0.708. The summed E-state index contributed by atoms with van der Waals surface area (Å²) >= 11 is 0. The Hall–Kier alpha value is -1.45. The zero-order valence-corrected chi connectivity index (χ0v) is 12.2. The topological polar surface area (TPSA) is 121 Å². The van der Waals surface area contributed by atoms with Crippen molar-refractivity contribution in [2.45, 2.75) is 31.7 Å². The van der Waals surface area contributed by atoms with Crippen LogP contribution in [-0.4, -0.2) is 48.9 Å². The Labute approximate surface area is 116 Å². The molecule has 0 bridgehead atoms. The van der Waals surface area contributed by atoms with E-state index >= 15 is 0 Å². The molecule has 2 unspecified atom stereocenters. The lowest BCUT2D eigenvalue weighted by molar-refractivity contribution is -0.148. The Morgan fingerprint density at radius 3 is 2.70 bits per heavy atom. The van der Waals surface area contributed by atoms with Crippen molar-refractivity contribution >= 4 is 16.0 Å². The van der Waals surface area contributed by atoms with Crippen molar-refractivity contribution in [2.75, 3.05) is 13.2 Å². The monoisotopic (exact) mass is 303 g/mol. The Morgan fingerprint density at radius 1 is 1.55 bits per heavy atom. The molecule has 1 saturated heterocycles. The fraction of sp³-hybridized carbons (Fsp3) is 0.636. The summed E-state index contributed by atoms with van der Waals surface area (Å²) in [6, 6.07) is -0.821. The second kappa shape index (κ2) is 4.83. The SMILES string of the molecule is Cc1n[nH]c(C)c1S(=O)(=O)NC1COCC1(C)C(=O)O. The number of carbonyl (C=O) groups is 1. The number of rotatable bonds is 4. The number of hydrogen-bond acceptors (Lipinski definition) is 5. The summed E-state index contributed by atoms with van der Waals surface area (Å²) < 4.78 is 32.3. The van der Waals surface area contributed by atoms with E-state index in [4.69, 9.17) is 4.74 Å². The third-order valence-electron chi connectivity index (χ3n) is 3.57. The average Bonchev–Trinajstić information content (AvgIpc) is 2.84. The van der Waals surface area contributed by atoms with Gasteiger partial charge in [-0.25, -0.2) is 13.1 Å². The molecule has 2 rings (SSSR count). The number of aromatic nitrogens is 2. The molecule has 0 aromatic carbocycles. The number of carboxylic acid groups (broad SMARTS) is 1. The maximum absolute atomic E-state index is 12.4. The van der Waals surface area contributed by atoms with Crippen LogP contribution in [0.2, 0.25) is 0 Å². The minimum absolute atomic E-state index is 0.0258. The van der Waals surface area contributed by atoms with E-state index in [0.717, 1.165) is 0 Å². The molecule has 0 amide bonds. The highest BCUT2D eigenvalue weighted by atomic mass is 32.2. The zero-order chi connectivity index (χ0) is 15.1. The van der Waals surface area contributed by atoms with Gasteiger partial charge in [0.25, 0.3) is 0 Å². The first-order valence-electron chi connectivity index (χ1n) is 6.03. The van der Waals surface area contributed by atoms with Gasteiger partial charge in [-0.2, -0.15) is 5.10 Å². The maximum Gasteiger partial charge on any atom is 0.313 e. The van der Waals surface area contributed by atoms with Gasteiger partial charge in [-0.15, -0.1) is 0 Å². The number of aromatic amines is 1. The van der Waals surface area contributed by atoms with Crippen LogP contribution in [-0.2, 0) is 19.6 Å². The zero-order valence-electron chi connectivity index (χ0n) is 11.4. The van der Waals surface area contributed by atoms with Crippen molar-refractivity contribution < 1.29 is 23.1 Å². The minimum Gasteiger partial charge on any atom is -0.481 e. The van der Waals surface area contributed by atoms with Crippen LogP contribution in [0.1, 0.15) is 18.3 Å². The molecule has 1 aliphatic rings. The molecule has 2 heterocycles. The van der Waals surface area contributed by atoms with Gasteiger partial charge in [0.1, 0.15) is 10.3 Å². The van der Waals surface area contributed by atoms with E-state index in [9.17, 15) is 18.3 Å². The first-order chi connectivity index (χ1) is 9.18. The van der Waals surface area contributed by atoms with Crippen molar-refractivity contribution in [3.05, 3.63) is 11.4 Å². The van der Waals surface area contributed by atoms with Gasteiger partial charge in [-0.3, -0.25) is 9.89 Å². The highest BCUT2D eigenvalue weighted by Gasteiger charge is 2.48. The molecule has 112 valence electrons. The van der Waals surface area contributed by atoms with Crippen molar-refractivity contribution in [1.82, 2.24) is 14.9 Å². The van der Waals surface area contributed by atoms with Crippen LogP contribution >= 0.6 is 0 Å². The number of ether oxygens (including phenoxy) is 1. The van der Waals surface area contributed by atoms with Crippen molar-refractivity contribution in [3.8, 4) is 0 Å². The van der Waals surface area contributed by atoms with Crippen LogP contribution in [0, 0.1) is 19.3 Å². The van der Waals surface area contributed by atoms with Crippen molar-refractivity contribution in [2.24, 2.45) is 5.41 Å². The Balaban J connectivity index is 2.32. The third kappa shape index (κ3) is 2.32. The molecule has 1 aromatic rings. The Bertz CT molecular complexity index is 619.